The van der Waals surface area contributed by atoms with Crippen molar-refractivity contribution in [1.82, 2.24) is 19.4 Å². The van der Waals surface area contributed by atoms with Crippen LogP contribution in [0.4, 0.5) is 0 Å². The number of carboxylic acids is 1. The van der Waals surface area contributed by atoms with E-state index in [0.29, 0.717) is 18.7 Å². The molecule has 9 nitrogen and oxygen atoms in total. The summed E-state index contributed by atoms with van der Waals surface area (Å²) in [5.41, 5.74) is 1.38. The van der Waals surface area contributed by atoms with Crippen LogP contribution >= 0.6 is 0 Å². The maximum atomic E-state index is 12.0. The van der Waals surface area contributed by atoms with Crippen LogP contribution in [0.1, 0.15) is 22.5 Å². The first-order chi connectivity index (χ1) is 12.3. The molecule has 1 amide bonds. The monoisotopic (exact) mass is 378 g/mol. The molecule has 0 radical (unpaired) electrons. The minimum atomic E-state index is -3.30. The number of aromatic carboxylic acids is 1. The van der Waals surface area contributed by atoms with E-state index >= 15 is 0 Å². The SMILES string of the molecule is O=C(CN1CCCS1(=O)=O)NCc1cccc(-n2ccc(C(=O)O)n2)c1. The van der Waals surface area contributed by atoms with Crippen LogP contribution in [0, 0.1) is 0 Å². The molecule has 2 N–H and O–H groups in total. The van der Waals surface area contributed by atoms with E-state index in [0.717, 1.165) is 5.56 Å². The molecule has 0 unspecified atom stereocenters. The van der Waals surface area contributed by atoms with Gasteiger partial charge in [0, 0.05) is 19.3 Å². The molecule has 10 heteroatoms. The van der Waals surface area contributed by atoms with Crippen LogP contribution in [0.5, 0.6) is 0 Å². The Morgan fingerprint density at radius 1 is 1.27 bits per heavy atom. The second-order valence-electron chi connectivity index (χ2n) is 5.90. The van der Waals surface area contributed by atoms with E-state index in [2.05, 4.69) is 10.4 Å². The molecule has 2 heterocycles. The Hall–Kier alpha value is -2.72. The van der Waals surface area contributed by atoms with Gasteiger partial charge in [-0.25, -0.2) is 17.9 Å². The van der Waals surface area contributed by atoms with Crippen molar-refractivity contribution in [3.8, 4) is 5.69 Å². The molecule has 26 heavy (non-hydrogen) atoms. The first-order valence-corrected chi connectivity index (χ1v) is 9.59. The standard InChI is InChI=1S/C16H18N4O5S/c21-15(11-19-6-2-8-26(19,24)25)17-10-12-3-1-4-13(9-12)20-7-5-14(18-20)16(22)23/h1,3-5,7,9H,2,6,8,10-11H2,(H,17,21)(H,22,23). The number of benzene rings is 1. The van der Waals surface area contributed by atoms with Crippen molar-refractivity contribution in [3.05, 3.63) is 47.8 Å². The number of hydrogen-bond donors (Lipinski definition) is 2. The van der Waals surface area contributed by atoms with Gasteiger partial charge in [-0.05, 0) is 30.2 Å². The lowest BCUT2D eigenvalue weighted by atomic mass is 10.2. The van der Waals surface area contributed by atoms with Crippen molar-refractivity contribution >= 4 is 21.9 Å². The van der Waals surface area contributed by atoms with Crippen molar-refractivity contribution in [1.29, 1.82) is 0 Å². The second-order valence-corrected chi connectivity index (χ2v) is 7.99. The van der Waals surface area contributed by atoms with Crippen molar-refractivity contribution in [2.45, 2.75) is 13.0 Å². The number of amides is 1. The average molecular weight is 378 g/mol. The lowest BCUT2D eigenvalue weighted by molar-refractivity contribution is -0.121. The van der Waals surface area contributed by atoms with Crippen molar-refractivity contribution in [2.24, 2.45) is 0 Å². The molecule has 0 aliphatic carbocycles. The van der Waals surface area contributed by atoms with Gasteiger partial charge in [-0.1, -0.05) is 12.1 Å². The number of aromatic nitrogens is 2. The highest BCUT2D eigenvalue weighted by molar-refractivity contribution is 7.89. The highest BCUT2D eigenvalue weighted by Gasteiger charge is 2.29. The topological polar surface area (TPSA) is 122 Å². The van der Waals surface area contributed by atoms with E-state index in [1.165, 1.54) is 15.1 Å². The molecule has 0 atom stereocenters. The van der Waals surface area contributed by atoms with Gasteiger partial charge in [-0.2, -0.15) is 9.40 Å². The fourth-order valence-electron chi connectivity index (χ4n) is 2.68. The Balaban J connectivity index is 1.61. The van der Waals surface area contributed by atoms with E-state index in [9.17, 15) is 18.0 Å². The zero-order chi connectivity index (χ0) is 18.7. The molecular formula is C16H18N4O5S. The quantitative estimate of drug-likeness (QED) is 0.742. The Morgan fingerprint density at radius 2 is 2.08 bits per heavy atom. The molecule has 0 bridgehead atoms. The normalized spacial score (nSPS) is 16.5. The molecule has 1 saturated heterocycles. The van der Waals surface area contributed by atoms with Gasteiger partial charge < -0.3 is 10.4 Å². The molecule has 1 aliphatic heterocycles. The Kier molecular flexibility index (Phi) is 5.05. The summed E-state index contributed by atoms with van der Waals surface area (Å²) in [6.07, 6.45) is 2.08. The number of nitrogens with zero attached hydrogens (tertiary/aromatic N) is 3. The van der Waals surface area contributed by atoms with Crippen LogP contribution in [-0.4, -0.2) is 58.3 Å². The van der Waals surface area contributed by atoms with Gasteiger partial charge in [0.05, 0.1) is 18.0 Å². The smallest absolute Gasteiger partial charge is 0.356 e. The number of nitrogens with one attached hydrogen (secondary N) is 1. The van der Waals surface area contributed by atoms with Gasteiger partial charge in [0.2, 0.25) is 15.9 Å². The van der Waals surface area contributed by atoms with E-state index < -0.39 is 16.0 Å². The average Bonchev–Trinajstić information content (AvgIpc) is 3.21. The summed E-state index contributed by atoms with van der Waals surface area (Å²) in [7, 11) is -3.30. The molecule has 1 aromatic heterocycles. The van der Waals surface area contributed by atoms with Gasteiger partial charge in [-0.3, -0.25) is 4.79 Å². The second kappa shape index (κ2) is 7.26. The van der Waals surface area contributed by atoms with Crippen LogP contribution in [0.15, 0.2) is 36.5 Å². The summed E-state index contributed by atoms with van der Waals surface area (Å²) in [6.45, 7) is 0.424. The highest BCUT2D eigenvalue weighted by Crippen LogP contribution is 2.13. The van der Waals surface area contributed by atoms with Crippen LogP contribution < -0.4 is 5.32 Å². The van der Waals surface area contributed by atoms with Crippen LogP contribution in [0.3, 0.4) is 0 Å². The third-order valence-electron chi connectivity index (χ3n) is 4.00. The zero-order valence-corrected chi connectivity index (χ0v) is 14.6. The molecule has 1 aliphatic rings. The van der Waals surface area contributed by atoms with Gasteiger partial charge in [0.25, 0.3) is 0 Å². The number of rotatable bonds is 6. The summed E-state index contributed by atoms with van der Waals surface area (Å²) >= 11 is 0. The molecular weight excluding hydrogens is 360 g/mol. The number of hydrogen-bond acceptors (Lipinski definition) is 5. The van der Waals surface area contributed by atoms with Crippen LogP contribution in [0.2, 0.25) is 0 Å². The number of carbonyl (C=O) groups excluding carboxylic acids is 1. The van der Waals surface area contributed by atoms with Gasteiger partial charge in [0.15, 0.2) is 5.69 Å². The molecule has 2 aromatic rings. The first kappa shape index (κ1) is 18.1. The molecule has 1 aromatic carbocycles. The van der Waals surface area contributed by atoms with Crippen LogP contribution in [0.25, 0.3) is 5.69 Å². The van der Waals surface area contributed by atoms with Crippen molar-refractivity contribution in [3.63, 3.8) is 0 Å². The number of carbonyl (C=O) groups is 2. The largest absolute Gasteiger partial charge is 0.476 e. The molecule has 0 spiro atoms. The predicted octanol–water partition coefficient (Wildman–Crippen LogP) is 0.222. The maximum Gasteiger partial charge on any atom is 0.356 e. The number of carboxylic acid groups (broad SMARTS) is 1. The minimum absolute atomic E-state index is 0.0597. The highest BCUT2D eigenvalue weighted by atomic mass is 32.2. The summed E-state index contributed by atoms with van der Waals surface area (Å²) in [5.74, 6) is -1.39. The lowest BCUT2D eigenvalue weighted by Gasteiger charge is -2.14. The number of sulfonamides is 1. The van der Waals surface area contributed by atoms with E-state index in [1.54, 1.807) is 30.5 Å². The molecule has 1 fully saturated rings. The third kappa shape index (κ3) is 4.09. The van der Waals surface area contributed by atoms with Crippen molar-refractivity contribution in [2.75, 3.05) is 18.8 Å². The minimum Gasteiger partial charge on any atom is -0.476 e. The van der Waals surface area contributed by atoms with E-state index in [1.807, 2.05) is 0 Å². The van der Waals surface area contributed by atoms with Crippen molar-refractivity contribution < 1.29 is 23.1 Å². The Labute approximate surface area is 150 Å². The van der Waals surface area contributed by atoms with Gasteiger partial charge >= 0.3 is 5.97 Å². The Bertz CT molecular complexity index is 938. The van der Waals surface area contributed by atoms with Gasteiger partial charge in [0.1, 0.15) is 0 Å². The summed E-state index contributed by atoms with van der Waals surface area (Å²) in [5, 5.41) is 15.6. The third-order valence-corrected chi connectivity index (χ3v) is 5.90. The fourth-order valence-corrected chi connectivity index (χ4v) is 4.15. The zero-order valence-electron chi connectivity index (χ0n) is 13.8. The van der Waals surface area contributed by atoms with Gasteiger partial charge in [-0.15, -0.1) is 0 Å². The summed E-state index contributed by atoms with van der Waals surface area (Å²) in [6, 6.07) is 8.50. The molecule has 138 valence electrons. The first-order valence-electron chi connectivity index (χ1n) is 7.98. The molecule has 0 saturated carbocycles. The van der Waals surface area contributed by atoms with E-state index in [4.69, 9.17) is 5.11 Å². The molecule has 3 rings (SSSR count). The maximum absolute atomic E-state index is 12.0. The van der Waals surface area contributed by atoms with Crippen LogP contribution in [-0.2, 0) is 21.4 Å². The fraction of sp³-hybridized carbons (Fsp3) is 0.312. The van der Waals surface area contributed by atoms with E-state index in [-0.39, 0.29) is 30.4 Å². The summed E-state index contributed by atoms with van der Waals surface area (Å²) in [4.78, 5) is 22.9. The predicted molar refractivity (Wildman–Crippen MR) is 92.3 cm³/mol. The lowest BCUT2D eigenvalue weighted by Crippen LogP contribution is -2.37. The Morgan fingerprint density at radius 3 is 2.73 bits per heavy atom. The summed E-state index contributed by atoms with van der Waals surface area (Å²) < 4.78 is 26.1.